The third-order valence-corrected chi connectivity index (χ3v) is 6.04. The van der Waals surface area contributed by atoms with Gasteiger partial charge >= 0.3 is 0 Å². The van der Waals surface area contributed by atoms with Crippen LogP contribution in [0.1, 0.15) is 70.2 Å². The van der Waals surface area contributed by atoms with Crippen LogP contribution in [-0.2, 0) is 16.0 Å². The summed E-state index contributed by atoms with van der Waals surface area (Å²) in [6, 6.07) is 11.8. The molecule has 5 nitrogen and oxygen atoms in total. The molecule has 0 aliphatic carbocycles. The monoisotopic (exact) mass is 468 g/mol. The molecular formula is C28H37FN2O3. The summed E-state index contributed by atoms with van der Waals surface area (Å²) in [6.45, 7) is 11.2. The van der Waals surface area contributed by atoms with Gasteiger partial charge in [0, 0.05) is 19.5 Å². The average Bonchev–Trinajstić information content (AvgIpc) is 2.79. The maximum absolute atomic E-state index is 14.2. The highest BCUT2D eigenvalue weighted by molar-refractivity contribution is 5.81. The fourth-order valence-corrected chi connectivity index (χ4v) is 4.34. The van der Waals surface area contributed by atoms with Crippen LogP contribution in [0.25, 0.3) is 0 Å². The van der Waals surface area contributed by atoms with Gasteiger partial charge in [-0.3, -0.25) is 9.59 Å². The van der Waals surface area contributed by atoms with E-state index in [2.05, 4.69) is 5.32 Å². The van der Waals surface area contributed by atoms with Gasteiger partial charge in [0.2, 0.25) is 5.91 Å². The van der Waals surface area contributed by atoms with E-state index in [-0.39, 0.29) is 23.5 Å². The van der Waals surface area contributed by atoms with E-state index >= 15 is 0 Å². The first kappa shape index (κ1) is 25.7. The van der Waals surface area contributed by atoms with E-state index in [1.165, 1.54) is 12.1 Å². The van der Waals surface area contributed by atoms with Crippen molar-refractivity contribution in [2.75, 3.05) is 13.1 Å². The van der Waals surface area contributed by atoms with Crippen LogP contribution < -0.4 is 10.1 Å². The van der Waals surface area contributed by atoms with E-state index in [4.69, 9.17) is 4.74 Å². The second-order valence-electron chi connectivity index (χ2n) is 9.91. The smallest absolute Gasteiger partial charge is 0.261 e. The molecule has 1 aliphatic rings. The van der Waals surface area contributed by atoms with E-state index in [9.17, 15) is 14.0 Å². The summed E-state index contributed by atoms with van der Waals surface area (Å²) >= 11 is 0. The second-order valence-corrected chi connectivity index (χ2v) is 9.91. The molecule has 184 valence electrons. The normalized spacial score (nSPS) is 16.4. The number of benzene rings is 2. The molecule has 3 rings (SSSR count). The molecule has 2 aromatic rings. The van der Waals surface area contributed by atoms with Crippen LogP contribution in [0.4, 0.5) is 4.39 Å². The van der Waals surface area contributed by atoms with Crippen molar-refractivity contribution in [1.82, 2.24) is 10.2 Å². The zero-order valence-corrected chi connectivity index (χ0v) is 20.9. The first-order valence-electron chi connectivity index (χ1n) is 12.3. The molecule has 6 heteroatoms. The third kappa shape index (κ3) is 6.37. The van der Waals surface area contributed by atoms with E-state index in [0.717, 1.165) is 23.1 Å². The van der Waals surface area contributed by atoms with E-state index < -0.39 is 12.1 Å². The molecule has 34 heavy (non-hydrogen) atoms. The molecule has 0 radical (unpaired) electrons. The number of carbonyl (C=O) groups excluding carboxylic acids is 2. The Bertz CT molecular complexity index is 1000. The SMILES string of the molecule is CC[C@@H](Oc1ccc2c(c1)[C@@H](c1cccc(F)c1)N(C(=O)CC(C)C)CC2)C(=O)NCC(C)C. The van der Waals surface area contributed by atoms with Gasteiger partial charge in [-0.1, -0.05) is 52.8 Å². The number of hydrogen-bond acceptors (Lipinski definition) is 3. The summed E-state index contributed by atoms with van der Waals surface area (Å²) < 4.78 is 20.3. The van der Waals surface area contributed by atoms with Crippen molar-refractivity contribution in [2.45, 2.75) is 66.0 Å². The van der Waals surface area contributed by atoms with Crippen LogP contribution >= 0.6 is 0 Å². The fourth-order valence-electron chi connectivity index (χ4n) is 4.34. The maximum Gasteiger partial charge on any atom is 0.261 e. The number of amides is 2. The molecule has 0 bridgehead atoms. The lowest BCUT2D eigenvalue weighted by Gasteiger charge is -2.38. The van der Waals surface area contributed by atoms with Crippen molar-refractivity contribution >= 4 is 11.8 Å². The summed E-state index contributed by atoms with van der Waals surface area (Å²) in [7, 11) is 0. The quantitative estimate of drug-likeness (QED) is 0.545. The number of halogens is 1. The highest BCUT2D eigenvalue weighted by Crippen LogP contribution is 2.38. The Labute approximate surface area is 202 Å². The molecule has 0 saturated heterocycles. The predicted octanol–water partition coefficient (Wildman–Crippen LogP) is 5.28. The third-order valence-electron chi connectivity index (χ3n) is 6.04. The van der Waals surface area contributed by atoms with Gasteiger partial charge in [0.15, 0.2) is 6.10 Å². The van der Waals surface area contributed by atoms with Crippen molar-refractivity contribution in [2.24, 2.45) is 11.8 Å². The van der Waals surface area contributed by atoms with Crippen LogP contribution in [0.15, 0.2) is 42.5 Å². The molecule has 2 amide bonds. The number of hydrogen-bond donors (Lipinski definition) is 1. The molecule has 0 spiro atoms. The number of nitrogens with one attached hydrogen (secondary N) is 1. The minimum atomic E-state index is -0.605. The van der Waals surface area contributed by atoms with Gasteiger partial charge in [-0.05, 0) is 65.6 Å². The number of fused-ring (bicyclic) bond motifs is 1. The standard InChI is InChI=1S/C28H37FN2O3/c1-6-25(28(33)30-17-19(4)5)34-23-11-10-20-12-13-31(26(32)14-18(2)3)27(24(20)16-23)21-8-7-9-22(29)15-21/h7-11,15-16,18-19,25,27H,6,12-14,17H2,1-5H3,(H,30,33)/t25-,27-/m1/s1. The van der Waals surface area contributed by atoms with Crippen molar-refractivity contribution < 1.29 is 18.7 Å². The van der Waals surface area contributed by atoms with Gasteiger partial charge in [0.05, 0.1) is 6.04 Å². The van der Waals surface area contributed by atoms with Gasteiger partial charge in [0.25, 0.3) is 5.91 Å². The molecule has 0 fully saturated rings. The lowest BCUT2D eigenvalue weighted by atomic mass is 9.87. The van der Waals surface area contributed by atoms with Crippen molar-refractivity contribution in [3.05, 3.63) is 65.0 Å². The summed E-state index contributed by atoms with van der Waals surface area (Å²) in [5.74, 6) is 0.744. The van der Waals surface area contributed by atoms with Crippen LogP contribution in [-0.4, -0.2) is 35.9 Å². The van der Waals surface area contributed by atoms with Crippen molar-refractivity contribution in [3.63, 3.8) is 0 Å². The van der Waals surface area contributed by atoms with Crippen LogP contribution in [0.5, 0.6) is 5.75 Å². The first-order chi connectivity index (χ1) is 16.2. The topological polar surface area (TPSA) is 58.6 Å². The minimum absolute atomic E-state index is 0.0562. The highest BCUT2D eigenvalue weighted by atomic mass is 19.1. The average molecular weight is 469 g/mol. The Hall–Kier alpha value is -2.89. The molecule has 0 unspecified atom stereocenters. The number of carbonyl (C=O) groups is 2. The summed E-state index contributed by atoms with van der Waals surface area (Å²) in [4.78, 5) is 27.6. The zero-order valence-electron chi connectivity index (χ0n) is 20.9. The minimum Gasteiger partial charge on any atom is -0.481 e. The van der Waals surface area contributed by atoms with Gasteiger partial charge < -0.3 is 15.0 Å². The van der Waals surface area contributed by atoms with Crippen LogP contribution in [0.3, 0.4) is 0 Å². The lowest BCUT2D eigenvalue weighted by molar-refractivity contribution is -0.134. The molecule has 1 aliphatic heterocycles. The van der Waals surface area contributed by atoms with Crippen molar-refractivity contribution in [3.8, 4) is 5.75 Å². The maximum atomic E-state index is 14.2. The van der Waals surface area contributed by atoms with Gasteiger partial charge in [0.1, 0.15) is 11.6 Å². The Morgan fingerprint density at radius 3 is 2.53 bits per heavy atom. The summed E-state index contributed by atoms with van der Waals surface area (Å²) in [6.07, 6.45) is 1.09. The molecular weight excluding hydrogens is 431 g/mol. The molecule has 0 aromatic heterocycles. The van der Waals surface area contributed by atoms with E-state index in [1.54, 1.807) is 6.07 Å². The lowest BCUT2D eigenvalue weighted by Crippen LogP contribution is -2.41. The molecule has 0 saturated carbocycles. The van der Waals surface area contributed by atoms with Gasteiger partial charge in [-0.2, -0.15) is 0 Å². The second kappa shape index (κ2) is 11.5. The molecule has 2 atom stereocenters. The first-order valence-corrected chi connectivity index (χ1v) is 12.3. The van der Waals surface area contributed by atoms with E-state index in [1.807, 2.05) is 63.8 Å². The Balaban J connectivity index is 1.95. The van der Waals surface area contributed by atoms with Crippen LogP contribution in [0, 0.1) is 17.7 Å². The molecule has 2 aromatic carbocycles. The largest absolute Gasteiger partial charge is 0.481 e. The fraction of sp³-hybridized carbons (Fsp3) is 0.500. The zero-order chi connectivity index (χ0) is 24.8. The number of rotatable bonds is 9. The summed E-state index contributed by atoms with van der Waals surface area (Å²) in [5, 5.41) is 2.94. The Morgan fingerprint density at radius 1 is 1.12 bits per heavy atom. The summed E-state index contributed by atoms with van der Waals surface area (Å²) in [5.41, 5.74) is 2.76. The van der Waals surface area contributed by atoms with Gasteiger partial charge in [-0.15, -0.1) is 0 Å². The molecule has 1 N–H and O–H groups in total. The van der Waals surface area contributed by atoms with E-state index in [0.29, 0.717) is 37.6 Å². The Kier molecular flexibility index (Phi) is 8.70. The van der Waals surface area contributed by atoms with Crippen LogP contribution in [0.2, 0.25) is 0 Å². The predicted molar refractivity (Wildman–Crippen MR) is 132 cm³/mol. The number of ether oxygens (including phenoxy) is 1. The molecule has 1 heterocycles. The Morgan fingerprint density at radius 2 is 1.88 bits per heavy atom. The van der Waals surface area contributed by atoms with Crippen molar-refractivity contribution in [1.29, 1.82) is 0 Å². The highest BCUT2D eigenvalue weighted by Gasteiger charge is 2.33. The number of nitrogens with zero attached hydrogens (tertiary/aromatic N) is 1. The van der Waals surface area contributed by atoms with Gasteiger partial charge in [-0.25, -0.2) is 4.39 Å².